The molecule has 0 aliphatic carbocycles. The summed E-state index contributed by atoms with van der Waals surface area (Å²) in [6, 6.07) is -0.512. The SMILES string of the molecule is COCCN1C(=O)CN(C)C(=O)c2c1sc1c2CCN(C(=O)[C@@H](N)CC(C)C)C1. The van der Waals surface area contributed by atoms with E-state index in [4.69, 9.17) is 10.5 Å². The van der Waals surface area contributed by atoms with Gasteiger partial charge in [0.05, 0.1) is 31.3 Å². The van der Waals surface area contributed by atoms with Crippen LogP contribution < -0.4 is 10.6 Å². The number of hydrogen-bond donors (Lipinski definition) is 1. The number of methoxy groups -OCH3 is 1. The maximum atomic E-state index is 13.0. The molecule has 0 unspecified atom stereocenters. The predicted octanol–water partition coefficient (Wildman–Crippen LogP) is 1.07. The van der Waals surface area contributed by atoms with Gasteiger partial charge in [-0.3, -0.25) is 19.3 Å². The van der Waals surface area contributed by atoms with Crippen molar-refractivity contribution in [1.29, 1.82) is 0 Å². The van der Waals surface area contributed by atoms with E-state index in [2.05, 4.69) is 0 Å². The van der Waals surface area contributed by atoms with Crippen LogP contribution >= 0.6 is 11.3 Å². The summed E-state index contributed by atoms with van der Waals surface area (Å²) in [4.78, 5) is 44.3. The summed E-state index contributed by atoms with van der Waals surface area (Å²) < 4.78 is 5.16. The van der Waals surface area contributed by atoms with E-state index in [9.17, 15) is 14.4 Å². The van der Waals surface area contributed by atoms with Crippen LogP contribution in [0.3, 0.4) is 0 Å². The lowest BCUT2D eigenvalue weighted by Crippen LogP contribution is -2.46. The van der Waals surface area contributed by atoms with Gasteiger partial charge in [-0.15, -0.1) is 11.3 Å². The number of fused-ring (bicyclic) bond motifs is 3. The Morgan fingerprint density at radius 1 is 1.28 bits per heavy atom. The Labute approximate surface area is 175 Å². The molecule has 0 bridgehead atoms. The quantitative estimate of drug-likeness (QED) is 0.740. The fourth-order valence-corrected chi connectivity index (χ4v) is 5.30. The Bertz CT molecular complexity index is 807. The second kappa shape index (κ2) is 8.81. The van der Waals surface area contributed by atoms with Gasteiger partial charge in [0.15, 0.2) is 0 Å². The monoisotopic (exact) mass is 422 g/mol. The summed E-state index contributed by atoms with van der Waals surface area (Å²) in [6.07, 6.45) is 1.24. The molecule has 0 radical (unpaired) electrons. The van der Waals surface area contributed by atoms with Gasteiger partial charge in [-0.25, -0.2) is 0 Å². The Kier molecular flexibility index (Phi) is 6.60. The number of rotatable bonds is 6. The average molecular weight is 423 g/mol. The number of carbonyl (C=O) groups excluding carboxylic acids is 3. The maximum absolute atomic E-state index is 13.0. The van der Waals surface area contributed by atoms with Gasteiger partial charge >= 0.3 is 0 Å². The van der Waals surface area contributed by atoms with Gasteiger partial charge in [0.1, 0.15) is 11.5 Å². The third-order valence-corrected chi connectivity index (χ3v) is 6.63. The molecule has 2 aliphatic heterocycles. The van der Waals surface area contributed by atoms with Crippen LogP contribution in [0.4, 0.5) is 5.00 Å². The lowest BCUT2D eigenvalue weighted by molar-refractivity contribution is -0.133. The van der Waals surface area contributed by atoms with E-state index in [1.807, 2.05) is 13.8 Å². The molecule has 1 aromatic heterocycles. The van der Waals surface area contributed by atoms with Crippen LogP contribution in [0.1, 0.15) is 41.1 Å². The van der Waals surface area contributed by atoms with Crippen LogP contribution in [0.2, 0.25) is 0 Å². The minimum atomic E-state index is -0.512. The van der Waals surface area contributed by atoms with Crippen molar-refractivity contribution in [2.75, 3.05) is 45.3 Å². The summed E-state index contributed by atoms with van der Waals surface area (Å²) in [6.45, 7) is 5.89. The Hall–Kier alpha value is -1.97. The van der Waals surface area contributed by atoms with Gasteiger partial charge in [-0.05, 0) is 24.3 Å². The van der Waals surface area contributed by atoms with Crippen molar-refractivity contribution in [1.82, 2.24) is 9.80 Å². The van der Waals surface area contributed by atoms with Crippen molar-refractivity contribution in [2.24, 2.45) is 11.7 Å². The van der Waals surface area contributed by atoms with Gasteiger partial charge in [-0.2, -0.15) is 0 Å². The lowest BCUT2D eigenvalue weighted by atomic mass is 9.99. The highest BCUT2D eigenvalue weighted by Crippen LogP contribution is 2.41. The Morgan fingerprint density at radius 2 is 2.00 bits per heavy atom. The smallest absolute Gasteiger partial charge is 0.257 e. The van der Waals surface area contributed by atoms with Crippen LogP contribution in [0.15, 0.2) is 0 Å². The second-order valence-electron chi connectivity index (χ2n) is 8.13. The van der Waals surface area contributed by atoms with E-state index in [0.717, 1.165) is 10.4 Å². The molecule has 3 heterocycles. The molecule has 160 valence electrons. The number of amides is 3. The fourth-order valence-electron chi connectivity index (χ4n) is 3.90. The third-order valence-electron chi connectivity index (χ3n) is 5.39. The van der Waals surface area contributed by atoms with Gasteiger partial charge in [0.25, 0.3) is 5.91 Å². The first-order valence-electron chi connectivity index (χ1n) is 9.98. The molecule has 0 fully saturated rings. The molecule has 8 nitrogen and oxygen atoms in total. The zero-order valence-corrected chi connectivity index (χ0v) is 18.4. The number of carbonyl (C=O) groups is 3. The average Bonchev–Trinajstić information content (AvgIpc) is 3.00. The zero-order chi connectivity index (χ0) is 21.3. The van der Waals surface area contributed by atoms with E-state index in [1.165, 1.54) is 16.2 Å². The molecule has 1 aromatic rings. The summed E-state index contributed by atoms with van der Waals surface area (Å²) in [5, 5.41) is 0.673. The van der Waals surface area contributed by atoms with Gasteiger partial charge in [0, 0.05) is 25.6 Å². The lowest BCUT2D eigenvalue weighted by Gasteiger charge is -2.30. The summed E-state index contributed by atoms with van der Waals surface area (Å²) in [7, 11) is 3.24. The van der Waals surface area contributed by atoms with Crippen LogP contribution in [0.25, 0.3) is 0 Å². The van der Waals surface area contributed by atoms with Crippen LogP contribution in [0.5, 0.6) is 0 Å². The Morgan fingerprint density at radius 3 is 2.66 bits per heavy atom. The number of thiophene rings is 1. The predicted molar refractivity (Wildman–Crippen MR) is 112 cm³/mol. The topological polar surface area (TPSA) is 96.2 Å². The van der Waals surface area contributed by atoms with Crippen molar-refractivity contribution in [3.05, 3.63) is 16.0 Å². The van der Waals surface area contributed by atoms with E-state index < -0.39 is 6.04 Å². The van der Waals surface area contributed by atoms with E-state index in [1.54, 1.807) is 24.0 Å². The first-order valence-corrected chi connectivity index (χ1v) is 10.8. The van der Waals surface area contributed by atoms with Crippen LogP contribution in [0, 0.1) is 5.92 Å². The molecule has 9 heteroatoms. The highest BCUT2D eigenvalue weighted by Gasteiger charge is 2.37. The number of nitrogens with zero attached hydrogens (tertiary/aromatic N) is 3. The van der Waals surface area contributed by atoms with Crippen molar-refractivity contribution in [3.8, 4) is 0 Å². The highest BCUT2D eigenvalue weighted by atomic mass is 32.1. The second-order valence-corrected chi connectivity index (χ2v) is 9.21. The normalized spacial score (nSPS) is 18.1. The summed E-state index contributed by atoms with van der Waals surface area (Å²) in [5.41, 5.74) is 7.67. The molecule has 3 rings (SSSR count). The molecular weight excluding hydrogens is 392 g/mol. The molecule has 0 aromatic carbocycles. The van der Waals surface area contributed by atoms with Crippen molar-refractivity contribution in [2.45, 2.75) is 39.3 Å². The molecule has 29 heavy (non-hydrogen) atoms. The van der Waals surface area contributed by atoms with Crippen LogP contribution in [-0.2, 0) is 27.3 Å². The number of likely N-dealkylation sites (N-methyl/N-ethyl adjacent to an activating group) is 1. The molecule has 0 saturated heterocycles. The minimum Gasteiger partial charge on any atom is -0.383 e. The van der Waals surface area contributed by atoms with Gasteiger partial charge in [0.2, 0.25) is 11.8 Å². The van der Waals surface area contributed by atoms with Crippen molar-refractivity contribution < 1.29 is 19.1 Å². The molecule has 2 N–H and O–H groups in total. The highest BCUT2D eigenvalue weighted by molar-refractivity contribution is 7.17. The molecule has 3 amide bonds. The third kappa shape index (κ3) is 4.31. The standard InChI is InChI=1S/C20H30N4O4S/c1-12(2)9-14(21)18(26)23-6-5-13-15(10-23)29-20-17(13)19(27)22(3)11-16(25)24(20)7-8-28-4/h12,14H,5-11,21H2,1-4H3/t14-/m0/s1. The molecular formula is C20H30N4O4S. The molecule has 0 saturated carbocycles. The minimum absolute atomic E-state index is 0.0490. The van der Waals surface area contributed by atoms with Gasteiger partial charge < -0.3 is 20.3 Å². The van der Waals surface area contributed by atoms with Gasteiger partial charge in [-0.1, -0.05) is 13.8 Å². The van der Waals surface area contributed by atoms with E-state index in [-0.39, 0.29) is 24.3 Å². The molecule has 1 atom stereocenters. The zero-order valence-electron chi connectivity index (χ0n) is 17.6. The van der Waals surface area contributed by atoms with Crippen LogP contribution in [-0.4, -0.2) is 74.0 Å². The van der Waals surface area contributed by atoms with Crippen molar-refractivity contribution >= 4 is 34.1 Å². The molecule has 2 aliphatic rings. The first-order chi connectivity index (χ1) is 13.7. The largest absolute Gasteiger partial charge is 0.383 e. The van der Waals surface area contributed by atoms with Crippen molar-refractivity contribution in [3.63, 3.8) is 0 Å². The number of nitrogens with two attached hydrogens (primary N) is 1. The summed E-state index contributed by atoms with van der Waals surface area (Å²) in [5.74, 6) is 0.0357. The number of anilines is 1. The number of ether oxygens (including phenoxy) is 1. The Balaban J connectivity index is 1.91. The maximum Gasteiger partial charge on any atom is 0.257 e. The fraction of sp³-hybridized carbons (Fsp3) is 0.650. The summed E-state index contributed by atoms with van der Waals surface area (Å²) >= 11 is 1.43. The number of hydrogen-bond acceptors (Lipinski definition) is 6. The first kappa shape index (κ1) is 21.7. The van der Waals surface area contributed by atoms with E-state index >= 15 is 0 Å². The van der Waals surface area contributed by atoms with E-state index in [0.29, 0.717) is 55.6 Å². The molecule has 0 spiro atoms.